The average molecular weight is 431 g/mol. The molecule has 30 heavy (non-hydrogen) atoms. The van der Waals surface area contributed by atoms with Gasteiger partial charge in [0, 0.05) is 6.42 Å². The summed E-state index contributed by atoms with van der Waals surface area (Å²) in [6, 6.07) is 0. The maximum Gasteiger partial charge on any atom is 0.0811 e. The Labute approximate surface area is 187 Å². The van der Waals surface area contributed by atoms with Crippen molar-refractivity contribution in [1.29, 1.82) is 0 Å². The molecule has 4 fully saturated rings. The Morgan fingerprint density at radius 2 is 1.90 bits per heavy atom. The Kier molecular flexibility index (Phi) is 6.68. The molecular weight excluding hydrogens is 392 g/mol. The molecule has 0 spiro atoms. The Morgan fingerprint density at radius 1 is 1.13 bits per heavy atom. The van der Waals surface area contributed by atoms with Gasteiger partial charge in [-0.05, 0) is 91.6 Å². The van der Waals surface area contributed by atoms with E-state index in [-0.39, 0.29) is 5.38 Å². The number of rotatable bonds is 5. The highest BCUT2D eigenvalue weighted by Crippen LogP contribution is 2.59. The largest absolute Gasteiger partial charge is 0.393 e. The van der Waals surface area contributed by atoms with Crippen LogP contribution in [-0.2, 0) is 0 Å². The molecule has 2 N–H and O–H groups in total. The van der Waals surface area contributed by atoms with Gasteiger partial charge < -0.3 is 10.2 Å². The third-order valence-electron chi connectivity index (χ3n) is 8.61. The van der Waals surface area contributed by atoms with E-state index in [2.05, 4.69) is 44.7 Å². The van der Waals surface area contributed by atoms with Crippen LogP contribution < -0.4 is 0 Å². The molecular formula is C27H39ClO2. The minimum absolute atomic E-state index is 0.222. The number of hydrogen-bond donors (Lipinski definition) is 2. The van der Waals surface area contributed by atoms with E-state index in [1.807, 2.05) is 0 Å². The van der Waals surface area contributed by atoms with Gasteiger partial charge in [-0.2, -0.15) is 0 Å². The average Bonchev–Trinajstić information content (AvgIpc) is 3.49. The summed E-state index contributed by atoms with van der Waals surface area (Å²) >= 11 is 6.53. The smallest absolute Gasteiger partial charge is 0.0811 e. The molecule has 0 amide bonds. The summed E-state index contributed by atoms with van der Waals surface area (Å²) in [6.07, 6.45) is 17.9. The van der Waals surface area contributed by atoms with E-state index in [1.54, 1.807) is 5.57 Å². The van der Waals surface area contributed by atoms with Crippen molar-refractivity contribution in [2.75, 3.05) is 0 Å². The molecule has 2 nitrogen and oxygen atoms in total. The van der Waals surface area contributed by atoms with Crippen molar-refractivity contribution in [3.8, 4) is 0 Å². The van der Waals surface area contributed by atoms with Gasteiger partial charge in [-0.15, -0.1) is 11.6 Å². The third kappa shape index (κ3) is 4.52. The summed E-state index contributed by atoms with van der Waals surface area (Å²) in [5, 5.41) is 20.4. The van der Waals surface area contributed by atoms with E-state index in [1.165, 1.54) is 44.9 Å². The highest BCUT2D eigenvalue weighted by molar-refractivity contribution is 6.22. The van der Waals surface area contributed by atoms with Crippen molar-refractivity contribution >= 4 is 11.6 Å². The fourth-order valence-electron chi connectivity index (χ4n) is 6.60. The maximum absolute atomic E-state index is 10.1. The molecule has 0 aromatic rings. The normalized spacial score (nSPS) is 42.1. The highest BCUT2D eigenvalue weighted by Gasteiger charge is 2.50. The van der Waals surface area contributed by atoms with Crippen LogP contribution in [-0.4, -0.2) is 27.8 Å². The van der Waals surface area contributed by atoms with Crippen molar-refractivity contribution in [3.05, 3.63) is 47.6 Å². The standard InChI is InChI=1S/C27H39ClO2/c1-17(6-13-25(28)20-8-9-20)23-11-12-24-19(5-4-14-27(23,24)3)7-10-21-15-22(29)16-26(30)18(21)2/h6-7,10,13,17,20,22-26,29-30H,2,4-5,8-9,11-12,14-16H2,1,3H3/b13-6+,19-7+,21-10-/t17?,22-,23-,24?,25?,26+,27-/m1/s1. The molecule has 0 saturated heterocycles. The van der Waals surface area contributed by atoms with Crippen LogP contribution in [0.25, 0.3) is 0 Å². The van der Waals surface area contributed by atoms with Gasteiger partial charge in [0.15, 0.2) is 0 Å². The van der Waals surface area contributed by atoms with Gasteiger partial charge >= 0.3 is 0 Å². The van der Waals surface area contributed by atoms with Gasteiger partial charge in [0.1, 0.15) is 0 Å². The molecule has 7 atom stereocenters. The Hall–Kier alpha value is -0.830. The van der Waals surface area contributed by atoms with Gasteiger partial charge in [-0.3, -0.25) is 0 Å². The molecule has 0 heterocycles. The number of aliphatic hydroxyl groups is 2. The molecule has 0 aromatic carbocycles. The van der Waals surface area contributed by atoms with E-state index in [4.69, 9.17) is 11.6 Å². The van der Waals surface area contributed by atoms with Crippen molar-refractivity contribution < 1.29 is 10.2 Å². The van der Waals surface area contributed by atoms with E-state index in [0.717, 1.165) is 11.1 Å². The Balaban J connectivity index is 1.48. The minimum Gasteiger partial charge on any atom is -0.393 e. The SMILES string of the molecule is C=C1/C(=C\C=C2/CCC[C@@]3(C)C2CC[C@@H]3C(C)/C=C/C(Cl)C2CC2)C[C@@H](O)C[C@@H]1O. The quantitative estimate of drug-likeness (QED) is 0.394. The van der Waals surface area contributed by atoms with Crippen LogP contribution >= 0.6 is 11.6 Å². The molecule has 0 bridgehead atoms. The molecule has 3 heteroatoms. The van der Waals surface area contributed by atoms with Crippen LogP contribution in [0.5, 0.6) is 0 Å². The first kappa shape index (κ1) is 22.4. The third-order valence-corrected chi connectivity index (χ3v) is 9.11. The van der Waals surface area contributed by atoms with E-state index < -0.39 is 12.2 Å². The summed E-state index contributed by atoms with van der Waals surface area (Å²) in [7, 11) is 0. The van der Waals surface area contributed by atoms with Crippen molar-refractivity contribution in [3.63, 3.8) is 0 Å². The second-order valence-corrected chi connectivity index (χ2v) is 11.2. The fraction of sp³-hybridized carbons (Fsp3) is 0.704. The minimum atomic E-state index is -0.611. The van der Waals surface area contributed by atoms with Gasteiger partial charge in [-0.25, -0.2) is 0 Å². The molecule has 0 aliphatic heterocycles. The summed E-state index contributed by atoms with van der Waals surface area (Å²) in [6.45, 7) is 8.97. The monoisotopic (exact) mass is 430 g/mol. The van der Waals surface area contributed by atoms with Gasteiger partial charge in [-0.1, -0.05) is 50.3 Å². The lowest BCUT2D eigenvalue weighted by atomic mass is 9.61. The number of alkyl halides is 1. The topological polar surface area (TPSA) is 40.5 Å². The summed E-state index contributed by atoms with van der Waals surface area (Å²) in [5.41, 5.74) is 3.71. The lowest BCUT2D eigenvalue weighted by molar-refractivity contribution is 0.0862. The van der Waals surface area contributed by atoms with Crippen LogP contribution in [0.15, 0.2) is 47.6 Å². The Bertz CT molecular complexity index is 746. The van der Waals surface area contributed by atoms with Crippen molar-refractivity contribution in [2.45, 2.75) is 89.2 Å². The van der Waals surface area contributed by atoms with Gasteiger partial charge in [0.25, 0.3) is 0 Å². The predicted molar refractivity (Wildman–Crippen MR) is 125 cm³/mol. The van der Waals surface area contributed by atoms with Crippen LogP contribution in [0.2, 0.25) is 0 Å². The van der Waals surface area contributed by atoms with Gasteiger partial charge in [0.2, 0.25) is 0 Å². The summed E-state index contributed by atoms with van der Waals surface area (Å²) in [4.78, 5) is 0. The highest BCUT2D eigenvalue weighted by atomic mass is 35.5. The van der Waals surface area contributed by atoms with Gasteiger partial charge in [0.05, 0.1) is 17.6 Å². The number of allylic oxidation sites excluding steroid dienone is 5. The first-order valence-electron chi connectivity index (χ1n) is 12.1. The van der Waals surface area contributed by atoms with Crippen LogP contribution in [0.4, 0.5) is 0 Å². The van der Waals surface area contributed by atoms with Crippen LogP contribution in [0.1, 0.15) is 71.6 Å². The van der Waals surface area contributed by atoms with E-state index >= 15 is 0 Å². The number of fused-ring (bicyclic) bond motifs is 1. The first-order chi connectivity index (χ1) is 14.3. The zero-order chi connectivity index (χ0) is 21.5. The zero-order valence-corrected chi connectivity index (χ0v) is 19.5. The molecule has 0 aromatic heterocycles. The van der Waals surface area contributed by atoms with E-state index in [9.17, 15) is 10.2 Å². The molecule has 166 valence electrons. The Morgan fingerprint density at radius 3 is 2.63 bits per heavy atom. The number of aliphatic hydroxyl groups excluding tert-OH is 2. The molecule has 4 aliphatic rings. The van der Waals surface area contributed by atoms with Crippen molar-refractivity contribution in [1.82, 2.24) is 0 Å². The maximum atomic E-state index is 10.1. The molecule has 4 aliphatic carbocycles. The fourth-order valence-corrected chi connectivity index (χ4v) is 6.93. The number of halogens is 1. The van der Waals surface area contributed by atoms with Crippen LogP contribution in [0, 0.1) is 29.1 Å². The van der Waals surface area contributed by atoms with Crippen LogP contribution in [0.3, 0.4) is 0 Å². The lowest BCUT2D eigenvalue weighted by Gasteiger charge is -2.44. The molecule has 0 radical (unpaired) electrons. The second kappa shape index (κ2) is 8.96. The molecule has 4 saturated carbocycles. The lowest BCUT2D eigenvalue weighted by Crippen LogP contribution is -2.35. The number of hydrogen-bond acceptors (Lipinski definition) is 2. The predicted octanol–water partition coefficient (Wildman–Crippen LogP) is 6.34. The van der Waals surface area contributed by atoms with E-state index in [0.29, 0.717) is 41.9 Å². The molecule has 4 rings (SSSR count). The molecule has 3 unspecified atom stereocenters. The first-order valence-corrected chi connectivity index (χ1v) is 12.5. The second-order valence-electron chi connectivity index (χ2n) is 10.7. The van der Waals surface area contributed by atoms with Crippen molar-refractivity contribution in [2.24, 2.45) is 29.1 Å². The summed E-state index contributed by atoms with van der Waals surface area (Å²) < 4.78 is 0. The zero-order valence-electron chi connectivity index (χ0n) is 18.7. The summed E-state index contributed by atoms with van der Waals surface area (Å²) in [5.74, 6) is 2.64.